The number of hydrogen-bond donors (Lipinski definition) is 2. The zero-order chi connectivity index (χ0) is 13.8. The summed E-state index contributed by atoms with van der Waals surface area (Å²) in [5.41, 5.74) is -0.859. The van der Waals surface area contributed by atoms with Gasteiger partial charge in [-0.3, -0.25) is 4.79 Å². The van der Waals surface area contributed by atoms with E-state index < -0.39 is 27.4 Å². The Morgan fingerprint density at radius 3 is 2.44 bits per heavy atom. The Morgan fingerprint density at radius 2 is 2.00 bits per heavy atom. The minimum atomic E-state index is -3.75. The minimum absolute atomic E-state index is 0.311. The summed E-state index contributed by atoms with van der Waals surface area (Å²) >= 11 is 0. The van der Waals surface area contributed by atoms with E-state index in [1.165, 1.54) is 6.92 Å². The number of carbonyl (C=O) groups is 1. The van der Waals surface area contributed by atoms with E-state index in [-0.39, 0.29) is 5.75 Å². The molecule has 6 nitrogen and oxygen atoms in total. The lowest BCUT2D eigenvalue weighted by Crippen LogP contribution is -2.43. The van der Waals surface area contributed by atoms with Crippen molar-refractivity contribution in [3.63, 3.8) is 0 Å². The highest BCUT2D eigenvalue weighted by atomic mass is 32.2. The molecule has 0 unspecified atom stereocenters. The summed E-state index contributed by atoms with van der Waals surface area (Å²) in [6.45, 7) is 1.26. The van der Waals surface area contributed by atoms with Crippen LogP contribution >= 0.6 is 0 Å². The van der Waals surface area contributed by atoms with Crippen LogP contribution in [0.25, 0.3) is 0 Å². The average Bonchev–Trinajstić information content (AvgIpc) is 2.28. The standard InChI is InChI=1S/C11H18N2O4S/c1-9(10(14)15)13-18(16,17)8-11(7-12)5-3-2-4-6-11/h9,13H,2-6,8H2,1H3,(H,14,15)/t9-/m0/s1. The molecule has 0 radical (unpaired) electrons. The lowest BCUT2D eigenvalue weighted by atomic mass is 9.77. The van der Waals surface area contributed by atoms with Gasteiger partial charge >= 0.3 is 5.97 Å². The van der Waals surface area contributed by atoms with Gasteiger partial charge in [-0.1, -0.05) is 19.3 Å². The van der Waals surface area contributed by atoms with Gasteiger partial charge in [0.2, 0.25) is 10.0 Å². The maximum atomic E-state index is 11.9. The topological polar surface area (TPSA) is 107 Å². The first-order chi connectivity index (χ1) is 8.30. The van der Waals surface area contributed by atoms with Gasteiger partial charge in [0.25, 0.3) is 0 Å². The lowest BCUT2D eigenvalue weighted by Gasteiger charge is -2.30. The number of carboxylic acids is 1. The first-order valence-corrected chi connectivity index (χ1v) is 7.60. The molecule has 0 aromatic rings. The fourth-order valence-electron chi connectivity index (χ4n) is 2.24. The monoisotopic (exact) mass is 274 g/mol. The highest BCUT2D eigenvalue weighted by Gasteiger charge is 2.37. The molecule has 0 heterocycles. The summed E-state index contributed by atoms with van der Waals surface area (Å²) in [6.07, 6.45) is 3.83. The first kappa shape index (κ1) is 14.9. The van der Waals surface area contributed by atoms with Crippen molar-refractivity contribution in [3.8, 4) is 6.07 Å². The fourth-order valence-corrected chi connectivity index (χ4v) is 4.05. The third kappa shape index (κ3) is 3.96. The summed E-state index contributed by atoms with van der Waals surface area (Å²) in [5.74, 6) is -1.54. The van der Waals surface area contributed by atoms with Crippen molar-refractivity contribution in [2.24, 2.45) is 5.41 Å². The smallest absolute Gasteiger partial charge is 0.321 e. The quantitative estimate of drug-likeness (QED) is 0.773. The Balaban J connectivity index is 2.75. The number of nitriles is 1. The minimum Gasteiger partial charge on any atom is -0.480 e. The van der Waals surface area contributed by atoms with Crippen LogP contribution < -0.4 is 4.72 Å². The van der Waals surface area contributed by atoms with E-state index >= 15 is 0 Å². The molecule has 0 aromatic carbocycles. The van der Waals surface area contributed by atoms with Gasteiger partial charge in [0.15, 0.2) is 0 Å². The molecule has 102 valence electrons. The van der Waals surface area contributed by atoms with E-state index in [4.69, 9.17) is 5.11 Å². The van der Waals surface area contributed by atoms with E-state index in [0.717, 1.165) is 19.3 Å². The van der Waals surface area contributed by atoms with Crippen molar-refractivity contribution >= 4 is 16.0 Å². The second-order valence-corrected chi connectivity index (χ2v) is 6.64. The molecule has 18 heavy (non-hydrogen) atoms. The Kier molecular flexibility index (Phi) is 4.71. The van der Waals surface area contributed by atoms with Gasteiger partial charge in [-0.2, -0.15) is 5.26 Å². The Morgan fingerprint density at radius 1 is 1.44 bits per heavy atom. The molecular weight excluding hydrogens is 256 g/mol. The Labute approximate surface area is 107 Å². The SMILES string of the molecule is C[C@H](NS(=O)(=O)CC1(C#N)CCCCC1)C(=O)O. The van der Waals surface area contributed by atoms with E-state index in [1.807, 2.05) is 0 Å². The van der Waals surface area contributed by atoms with E-state index in [2.05, 4.69) is 10.8 Å². The van der Waals surface area contributed by atoms with Crippen molar-refractivity contribution in [2.75, 3.05) is 5.75 Å². The number of carboxylic acid groups (broad SMARTS) is 1. The van der Waals surface area contributed by atoms with Crippen LogP contribution in [0.5, 0.6) is 0 Å². The number of sulfonamides is 1. The number of hydrogen-bond acceptors (Lipinski definition) is 4. The zero-order valence-electron chi connectivity index (χ0n) is 10.3. The Bertz CT molecular complexity index is 446. The molecule has 1 saturated carbocycles. The van der Waals surface area contributed by atoms with Crippen molar-refractivity contribution in [2.45, 2.75) is 45.1 Å². The van der Waals surface area contributed by atoms with Gasteiger partial charge in [-0.25, -0.2) is 13.1 Å². The van der Waals surface area contributed by atoms with E-state index in [1.54, 1.807) is 0 Å². The van der Waals surface area contributed by atoms with Crippen LogP contribution in [0, 0.1) is 16.7 Å². The lowest BCUT2D eigenvalue weighted by molar-refractivity contribution is -0.138. The van der Waals surface area contributed by atoms with Crippen LogP contribution in [0.1, 0.15) is 39.0 Å². The van der Waals surface area contributed by atoms with Gasteiger partial charge in [0.05, 0.1) is 17.2 Å². The molecule has 0 aromatic heterocycles. The molecule has 2 N–H and O–H groups in total. The predicted molar refractivity (Wildman–Crippen MR) is 65.2 cm³/mol. The maximum Gasteiger partial charge on any atom is 0.321 e. The third-order valence-electron chi connectivity index (χ3n) is 3.24. The molecule has 1 atom stereocenters. The second-order valence-electron chi connectivity index (χ2n) is 4.89. The maximum absolute atomic E-state index is 11.9. The van der Waals surface area contributed by atoms with Crippen LogP contribution in [0.3, 0.4) is 0 Å². The van der Waals surface area contributed by atoms with Gasteiger partial charge in [-0.05, 0) is 19.8 Å². The zero-order valence-corrected chi connectivity index (χ0v) is 11.2. The molecule has 0 amide bonds. The Hall–Kier alpha value is -1.13. The molecule has 1 fully saturated rings. The summed E-state index contributed by atoms with van der Waals surface area (Å²) in [5, 5.41) is 17.9. The number of aliphatic carboxylic acids is 1. The van der Waals surface area contributed by atoms with Crippen molar-refractivity contribution in [1.29, 1.82) is 5.26 Å². The van der Waals surface area contributed by atoms with Gasteiger partial charge in [0.1, 0.15) is 6.04 Å². The summed E-state index contributed by atoms with van der Waals surface area (Å²) in [7, 11) is -3.75. The molecule has 0 saturated heterocycles. The molecular formula is C11H18N2O4S. The van der Waals surface area contributed by atoms with Gasteiger partial charge < -0.3 is 5.11 Å². The summed E-state index contributed by atoms with van der Waals surface area (Å²) in [6, 6.07) is 0.937. The predicted octanol–water partition coefficient (Wildman–Crippen LogP) is 0.853. The number of nitrogens with zero attached hydrogens (tertiary/aromatic N) is 1. The largest absolute Gasteiger partial charge is 0.480 e. The third-order valence-corrected chi connectivity index (χ3v) is 4.89. The fraction of sp³-hybridized carbons (Fsp3) is 0.818. The summed E-state index contributed by atoms with van der Waals surface area (Å²) in [4.78, 5) is 10.6. The molecule has 1 rings (SSSR count). The molecule has 0 spiro atoms. The van der Waals surface area contributed by atoms with Crippen LogP contribution in [0.15, 0.2) is 0 Å². The van der Waals surface area contributed by atoms with Crippen molar-refractivity contribution in [3.05, 3.63) is 0 Å². The van der Waals surface area contributed by atoms with Crippen LogP contribution in [0.4, 0.5) is 0 Å². The average molecular weight is 274 g/mol. The highest BCUT2D eigenvalue weighted by molar-refractivity contribution is 7.89. The first-order valence-electron chi connectivity index (χ1n) is 5.94. The van der Waals surface area contributed by atoms with Gasteiger partial charge in [0, 0.05) is 0 Å². The van der Waals surface area contributed by atoms with E-state index in [0.29, 0.717) is 12.8 Å². The molecule has 1 aliphatic carbocycles. The molecule has 7 heteroatoms. The molecule has 1 aliphatic rings. The number of nitrogens with one attached hydrogen (secondary N) is 1. The molecule has 0 bridgehead atoms. The number of rotatable bonds is 5. The van der Waals surface area contributed by atoms with Crippen LogP contribution in [-0.2, 0) is 14.8 Å². The summed E-state index contributed by atoms with van der Waals surface area (Å²) < 4.78 is 25.8. The molecule has 0 aliphatic heterocycles. The van der Waals surface area contributed by atoms with E-state index in [9.17, 15) is 18.5 Å². The van der Waals surface area contributed by atoms with Crippen molar-refractivity contribution < 1.29 is 18.3 Å². The van der Waals surface area contributed by atoms with Gasteiger partial charge in [-0.15, -0.1) is 0 Å². The van der Waals surface area contributed by atoms with Crippen molar-refractivity contribution in [1.82, 2.24) is 4.72 Å². The second kappa shape index (κ2) is 5.67. The normalized spacial score (nSPS) is 20.9. The highest BCUT2D eigenvalue weighted by Crippen LogP contribution is 2.36. The van der Waals surface area contributed by atoms with Crippen LogP contribution in [0.2, 0.25) is 0 Å². The van der Waals surface area contributed by atoms with Crippen LogP contribution in [-0.4, -0.2) is 31.3 Å².